The Labute approximate surface area is 214 Å². The van der Waals surface area contributed by atoms with E-state index in [0.717, 1.165) is 42.4 Å². The maximum Gasteiger partial charge on any atom is 0.251 e. The lowest BCUT2D eigenvalue weighted by atomic mass is 9.99. The van der Waals surface area contributed by atoms with Crippen LogP contribution in [0.1, 0.15) is 45.1 Å². The van der Waals surface area contributed by atoms with Gasteiger partial charge in [-0.05, 0) is 42.2 Å². The molecule has 0 N–H and O–H groups in total. The van der Waals surface area contributed by atoms with E-state index in [9.17, 15) is 9.59 Å². The van der Waals surface area contributed by atoms with Gasteiger partial charge in [-0.3, -0.25) is 9.59 Å². The van der Waals surface area contributed by atoms with Gasteiger partial charge in [0.05, 0.1) is 21.3 Å². The highest BCUT2D eigenvalue weighted by molar-refractivity contribution is 5.99. The highest BCUT2D eigenvalue weighted by atomic mass is 16.5. The first-order chi connectivity index (χ1) is 17.3. The number of amides is 2. The molecule has 0 radical (unpaired) electrons. The van der Waals surface area contributed by atoms with E-state index in [0.29, 0.717) is 35.8 Å². The van der Waals surface area contributed by atoms with Crippen LogP contribution in [0.15, 0.2) is 48.2 Å². The standard InChI is InChI=1S/C29H38N2O5/c1-7-8-9-10-15-31-19-20(2)28(32)30(3)24(29(31)33)16-21-11-13-22(14-12-21)23-17-25(34-4)27(36-6)26(18-23)35-5/h11-14,17-19,24H,7-10,15-16H2,1-6H3/t24-/m0/s1. The van der Waals surface area contributed by atoms with E-state index in [1.807, 2.05) is 36.4 Å². The summed E-state index contributed by atoms with van der Waals surface area (Å²) in [5.41, 5.74) is 3.47. The summed E-state index contributed by atoms with van der Waals surface area (Å²) < 4.78 is 16.4. The van der Waals surface area contributed by atoms with Gasteiger partial charge in [-0.2, -0.15) is 0 Å². The van der Waals surface area contributed by atoms with Crippen LogP contribution in [0, 0.1) is 0 Å². The Hall–Kier alpha value is -3.48. The molecule has 2 amide bonds. The topological polar surface area (TPSA) is 68.3 Å². The molecule has 7 heteroatoms. The number of carbonyl (C=O) groups is 2. The van der Waals surface area contributed by atoms with Crippen LogP contribution in [0.2, 0.25) is 0 Å². The SMILES string of the molecule is CCCCCCN1C=C(C)C(=O)N(C)[C@@H](Cc2ccc(-c3cc(OC)c(OC)c(OC)c3)cc2)C1=O. The van der Waals surface area contributed by atoms with Crippen molar-refractivity contribution in [2.45, 2.75) is 52.0 Å². The minimum absolute atomic E-state index is 0.0343. The van der Waals surface area contributed by atoms with E-state index in [4.69, 9.17) is 14.2 Å². The van der Waals surface area contributed by atoms with Gasteiger partial charge in [-0.15, -0.1) is 0 Å². The number of rotatable bonds is 11. The Morgan fingerprint density at radius 1 is 0.861 bits per heavy atom. The number of hydrogen-bond donors (Lipinski definition) is 0. The molecule has 2 aromatic rings. The van der Waals surface area contributed by atoms with E-state index >= 15 is 0 Å². The van der Waals surface area contributed by atoms with Crippen LogP contribution in [0.25, 0.3) is 11.1 Å². The highest BCUT2D eigenvalue weighted by Crippen LogP contribution is 2.41. The average molecular weight is 495 g/mol. The van der Waals surface area contributed by atoms with Crippen molar-refractivity contribution in [3.8, 4) is 28.4 Å². The quantitative estimate of drug-likeness (QED) is 0.408. The number of benzene rings is 2. The molecule has 36 heavy (non-hydrogen) atoms. The number of hydrogen-bond acceptors (Lipinski definition) is 5. The van der Waals surface area contributed by atoms with Crippen LogP contribution in [0.3, 0.4) is 0 Å². The molecular formula is C29H38N2O5. The van der Waals surface area contributed by atoms with Gasteiger partial charge in [0.2, 0.25) is 11.7 Å². The van der Waals surface area contributed by atoms with Crippen molar-refractivity contribution in [3.63, 3.8) is 0 Å². The third kappa shape index (κ3) is 6.01. The van der Waals surface area contributed by atoms with Gasteiger partial charge >= 0.3 is 0 Å². The van der Waals surface area contributed by atoms with Crippen molar-refractivity contribution in [1.82, 2.24) is 9.80 Å². The fraction of sp³-hybridized carbons (Fsp3) is 0.448. The molecule has 194 valence electrons. The lowest BCUT2D eigenvalue weighted by Crippen LogP contribution is -2.47. The summed E-state index contributed by atoms with van der Waals surface area (Å²) in [6.07, 6.45) is 6.45. The van der Waals surface area contributed by atoms with E-state index < -0.39 is 6.04 Å². The fourth-order valence-electron chi connectivity index (χ4n) is 4.54. The second-order valence-corrected chi connectivity index (χ2v) is 9.15. The van der Waals surface area contributed by atoms with Crippen molar-refractivity contribution in [3.05, 3.63) is 53.7 Å². The first-order valence-electron chi connectivity index (χ1n) is 12.5. The minimum atomic E-state index is -0.551. The van der Waals surface area contributed by atoms with Gasteiger partial charge in [0.15, 0.2) is 11.5 Å². The molecule has 1 aliphatic rings. The number of likely N-dealkylation sites (N-methyl/N-ethyl adjacent to an activating group) is 1. The third-order valence-corrected chi connectivity index (χ3v) is 6.68. The zero-order valence-corrected chi connectivity index (χ0v) is 22.3. The molecular weight excluding hydrogens is 456 g/mol. The minimum Gasteiger partial charge on any atom is -0.493 e. The maximum atomic E-state index is 13.5. The van der Waals surface area contributed by atoms with Gasteiger partial charge in [0.1, 0.15) is 6.04 Å². The lowest BCUT2D eigenvalue weighted by molar-refractivity contribution is -0.139. The molecule has 0 unspecified atom stereocenters. The largest absolute Gasteiger partial charge is 0.493 e. The zero-order chi connectivity index (χ0) is 26.2. The molecule has 0 spiro atoms. The number of unbranched alkanes of at least 4 members (excludes halogenated alkanes) is 3. The van der Waals surface area contributed by atoms with E-state index in [1.165, 1.54) is 0 Å². The maximum absolute atomic E-state index is 13.5. The van der Waals surface area contributed by atoms with Gasteiger partial charge < -0.3 is 24.0 Å². The fourth-order valence-corrected chi connectivity index (χ4v) is 4.54. The molecule has 1 aliphatic heterocycles. The summed E-state index contributed by atoms with van der Waals surface area (Å²) >= 11 is 0. The molecule has 0 saturated carbocycles. The highest BCUT2D eigenvalue weighted by Gasteiger charge is 2.34. The first kappa shape index (κ1) is 27.1. The Morgan fingerprint density at radius 2 is 1.50 bits per heavy atom. The summed E-state index contributed by atoms with van der Waals surface area (Å²) in [6, 6.07) is 11.3. The van der Waals surface area contributed by atoms with Crippen molar-refractivity contribution < 1.29 is 23.8 Å². The molecule has 0 aromatic heterocycles. The number of methoxy groups -OCH3 is 3. The summed E-state index contributed by atoms with van der Waals surface area (Å²) in [5, 5.41) is 0. The van der Waals surface area contributed by atoms with Gasteiger partial charge in [0.25, 0.3) is 5.91 Å². The van der Waals surface area contributed by atoms with Crippen molar-refractivity contribution >= 4 is 11.8 Å². The second-order valence-electron chi connectivity index (χ2n) is 9.15. The monoisotopic (exact) mass is 494 g/mol. The van der Waals surface area contributed by atoms with Gasteiger partial charge in [-0.1, -0.05) is 50.5 Å². The van der Waals surface area contributed by atoms with Crippen LogP contribution in [0.5, 0.6) is 17.2 Å². The van der Waals surface area contributed by atoms with Crippen LogP contribution in [-0.2, 0) is 16.0 Å². The Morgan fingerprint density at radius 3 is 2.06 bits per heavy atom. The van der Waals surface area contributed by atoms with E-state index in [1.54, 1.807) is 51.3 Å². The molecule has 1 atom stereocenters. The predicted molar refractivity (Wildman–Crippen MR) is 141 cm³/mol. The average Bonchev–Trinajstić information content (AvgIpc) is 2.97. The Bertz CT molecular complexity index is 1070. The normalized spacial score (nSPS) is 16.1. The first-order valence-corrected chi connectivity index (χ1v) is 12.5. The zero-order valence-electron chi connectivity index (χ0n) is 22.3. The molecule has 7 nitrogen and oxygen atoms in total. The molecule has 2 aromatic carbocycles. The lowest BCUT2D eigenvalue weighted by Gasteiger charge is -2.28. The molecule has 1 heterocycles. The van der Waals surface area contributed by atoms with Crippen molar-refractivity contribution in [2.24, 2.45) is 0 Å². The van der Waals surface area contributed by atoms with Crippen LogP contribution in [0.4, 0.5) is 0 Å². The molecule has 0 bridgehead atoms. The smallest absolute Gasteiger partial charge is 0.251 e. The van der Waals surface area contributed by atoms with Gasteiger partial charge in [-0.25, -0.2) is 0 Å². The number of carbonyl (C=O) groups excluding carboxylic acids is 2. The predicted octanol–water partition coefficient (Wildman–Crippen LogP) is 5.08. The summed E-state index contributed by atoms with van der Waals surface area (Å²) in [6.45, 7) is 4.57. The Kier molecular flexibility index (Phi) is 9.39. The summed E-state index contributed by atoms with van der Waals surface area (Å²) in [7, 11) is 6.48. The third-order valence-electron chi connectivity index (χ3n) is 6.68. The van der Waals surface area contributed by atoms with Crippen molar-refractivity contribution in [1.29, 1.82) is 0 Å². The van der Waals surface area contributed by atoms with Crippen LogP contribution in [-0.4, -0.2) is 62.6 Å². The summed E-state index contributed by atoms with van der Waals surface area (Å²) in [4.78, 5) is 29.6. The molecule has 0 saturated heterocycles. The Balaban J connectivity index is 1.82. The van der Waals surface area contributed by atoms with Crippen molar-refractivity contribution in [2.75, 3.05) is 34.9 Å². The molecule has 0 fully saturated rings. The van der Waals surface area contributed by atoms with E-state index in [-0.39, 0.29) is 11.8 Å². The van der Waals surface area contributed by atoms with Gasteiger partial charge in [0, 0.05) is 31.8 Å². The molecule has 3 rings (SSSR count). The van der Waals surface area contributed by atoms with E-state index in [2.05, 4.69) is 6.92 Å². The summed E-state index contributed by atoms with van der Waals surface area (Å²) in [5.74, 6) is 1.57. The number of nitrogens with zero attached hydrogens (tertiary/aromatic N) is 2. The number of ether oxygens (including phenoxy) is 3. The molecule has 0 aliphatic carbocycles. The van der Waals surface area contributed by atoms with Crippen LogP contribution >= 0.6 is 0 Å². The second kappa shape index (κ2) is 12.5. The van der Waals surface area contributed by atoms with Crippen LogP contribution < -0.4 is 14.2 Å².